The Labute approximate surface area is 147 Å². The average Bonchev–Trinajstić information content (AvgIpc) is 3.33. The molecule has 0 aliphatic carbocycles. The van der Waals surface area contributed by atoms with Crippen LogP contribution in [-0.2, 0) is 0 Å². The normalized spacial score (nSPS) is 10.7. The molecule has 7 nitrogen and oxygen atoms in total. The fourth-order valence-corrected chi connectivity index (χ4v) is 2.46. The number of nitrogens with one attached hydrogen (secondary N) is 2. The molecule has 0 saturated carbocycles. The van der Waals surface area contributed by atoms with Gasteiger partial charge in [-0.05, 0) is 42.5 Å². The molecule has 2 N–H and O–H groups in total. The summed E-state index contributed by atoms with van der Waals surface area (Å²) in [6, 6.07) is 12.9. The Kier molecular flexibility index (Phi) is 3.98. The molecule has 4 aromatic rings. The van der Waals surface area contributed by atoms with Crippen molar-refractivity contribution < 1.29 is 9.18 Å². The first-order valence-electron chi connectivity index (χ1n) is 7.78. The minimum absolute atomic E-state index is 0.225. The van der Waals surface area contributed by atoms with E-state index in [1.165, 1.54) is 23.0 Å². The number of aromatic nitrogens is 5. The standard InChI is InChI=1S/C18H13FN6O/c19-12-4-6-13(7-5-12)25-10-8-15(24-25)18(26)22-16-11-21-23-17(16)14-3-1-2-9-20-14/h1-11H,(H,21,23)(H,22,26). The molecule has 0 saturated heterocycles. The molecule has 0 unspecified atom stereocenters. The maximum Gasteiger partial charge on any atom is 0.276 e. The zero-order chi connectivity index (χ0) is 17.9. The highest BCUT2D eigenvalue weighted by Crippen LogP contribution is 2.23. The van der Waals surface area contributed by atoms with Crippen molar-refractivity contribution >= 4 is 11.6 Å². The molecule has 128 valence electrons. The van der Waals surface area contributed by atoms with Crippen LogP contribution >= 0.6 is 0 Å². The van der Waals surface area contributed by atoms with Gasteiger partial charge in [0.1, 0.15) is 11.5 Å². The largest absolute Gasteiger partial charge is 0.317 e. The van der Waals surface area contributed by atoms with Crippen molar-refractivity contribution in [3.8, 4) is 17.1 Å². The number of amides is 1. The third kappa shape index (κ3) is 3.07. The smallest absolute Gasteiger partial charge is 0.276 e. The van der Waals surface area contributed by atoms with Crippen LogP contribution in [0.3, 0.4) is 0 Å². The number of aromatic amines is 1. The Balaban J connectivity index is 1.55. The van der Waals surface area contributed by atoms with Gasteiger partial charge in [0.05, 0.1) is 23.3 Å². The number of rotatable bonds is 4. The van der Waals surface area contributed by atoms with Crippen molar-refractivity contribution in [2.75, 3.05) is 5.32 Å². The number of benzene rings is 1. The highest BCUT2D eigenvalue weighted by Gasteiger charge is 2.15. The summed E-state index contributed by atoms with van der Waals surface area (Å²) < 4.78 is 14.5. The van der Waals surface area contributed by atoms with E-state index in [-0.39, 0.29) is 17.4 Å². The van der Waals surface area contributed by atoms with E-state index in [1.807, 2.05) is 12.1 Å². The minimum atomic E-state index is -0.385. The van der Waals surface area contributed by atoms with Crippen LogP contribution in [0.15, 0.2) is 67.1 Å². The van der Waals surface area contributed by atoms with Gasteiger partial charge in [0.2, 0.25) is 0 Å². The molecule has 0 aliphatic heterocycles. The highest BCUT2D eigenvalue weighted by atomic mass is 19.1. The lowest BCUT2D eigenvalue weighted by atomic mass is 10.2. The van der Waals surface area contributed by atoms with Gasteiger partial charge in [-0.3, -0.25) is 14.9 Å². The molecule has 8 heteroatoms. The van der Waals surface area contributed by atoms with Gasteiger partial charge in [0.15, 0.2) is 5.69 Å². The zero-order valence-electron chi connectivity index (χ0n) is 13.4. The molecule has 0 radical (unpaired) electrons. The Morgan fingerprint density at radius 3 is 2.73 bits per heavy atom. The van der Waals surface area contributed by atoms with Gasteiger partial charge in [-0.25, -0.2) is 9.07 Å². The van der Waals surface area contributed by atoms with Gasteiger partial charge in [-0.2, -0.15) is 10.2 Å². The maximum absolute atomic E-state index is 13.0. The number of halogens is 1. The minimum Gasteiger partial charge on any atom is -0.317 e. The first kappa shape index (κ1) is 15.7. The lowest BCUT2D eigenvalue weighted by molar-refractivity contribution is 0.102. The lowest BCUT2D eigenvalue weighted by Crippen LogP contribution is -2.13. The van der Waals surface area contributed by atoms with E-state index in [0.29, 0.717) is 22.8 Å². The number of carbonyl (C=O) groups is 1. The van der Waals surface area contributed by atoms with E-state index >= 15 is 0 Å². The van der Waals surface area contributed by atoms with Gasteiger partial charge in [0, 0.05) is 12.4 Å². The lowest BCUT2D eigenvalue weighted by Gasteiger charge is -2.04. The molecule has 0 spiro atoms. The number of nitrogens with zero attached hydrogens (tertiary/aromatic N) is 4. The topological polar surface area (TPSA) is 88.5 Å². The fourth-order valence-electron chi connectivity index (χ4n) is 2.46. The van der Waals surface area contributed by atoms with Crippen LogP contribution < -0.4 is 5.32 Å². The third-order valence-electron chi connectivity index (χ3n) is 3.72. The van der Waals surface area contributed by atoms with Gasteiger partial charge >= 0.3 is 0 Å². The van der Waals surface area contributed by atoms with Crippen LogP contribution in [0.1, 0.15) is 10.5 Å². The van der Waals surface area contributed by atoms with E-state index in [9.17, 15) is 9.18 Å². The number of anilines is 1. The summed E-state index contributed by atoms with van der Waals surface area (Å²) in [7, 11) is 0. The maximum atomic E-state index is 13.0. The molecule has 26 heavy (non-hydrogen) atoms. The van der Waals surface area contributed by atoms with Crippen LogP contribution in [0.4, 0.5) is 10.1 Å². The summed E-state index contributed by atoms with van der Waals surface area (Å²) in [5.41, 5.74) is 2.66. The summed E-state index contributed by atoms with van der Waals surface area (Å²) in [5.74, 6) is -0.717. The van der Waals surface area contributed by atoms with Crippen LogP contribution in [0, 0.1) is 5.82 Å². The van der Waals surface area contributed by atoms with Crippen molar-refractivity contribution in [2.45, 2.75) is 0 Å². The third-order valence-corrected chi connectivity index (χ3v) is 3.72. The predicted octanol–water partition coefficient (Wildman–Crippen LogP) is 3.05. The first-order chi connectivity index (χ1) is 12.7. The second-order valence-electron chi connectivity index (χ2n) is 5.45. The van der Waals surface area contributed by atoms with Crippen LogP contribution in [0.2, 0.25) is 0 Å². The zero-order valence-corrected chi connectivity index (χ0v) is 13.4. The predicted molar refractivity (Wildman–Crippen MR) is 93.3 cm³/mol. The van der Waals surface area contributed by atoms with Crippen molar-refractivity contribution in [3.05, 3.63) is 78.6 Å². The van der Waals surface area contributed by atoms with E-state index in [1.54, 1.807) is 36.7 Å². The number of hydrogen-bond acceptors (Lipinski definition) is 4. The molecule has 0 atom stereocenters. The molecule has 1 amide bonds. The molecule has 0 aliphatic rings. The molecule has 4 rings (SSSR count). The number of carbonyl (C=O) groups excluding carboxylic acids is 1. The van der Waals surface area contributed by atoms with Crippen molar-refractivity contribution in [1.82, 2.24) is 25.0 Å². The Morgan fingerprint density at radius 2 is 1.96 bits per heavy atom. The Morgan fingerprint density at radius 1 is 1.12 bits per heavy atom. The van der Waals surface area contributed by atoms with Gasteiger partial charge in [-0.1, -0.05) is 6.07 Å². The summed E-state index contributed by atoms with van der Waals surface area (Å²) >= 11 is 0. The van der Waals surface area contributed by atoms with E-state index in [2.05, 4.69) is 25.6 Å². The number of hydrogen-bond donors (Lipinski definition) is 2. The monoisotopic (exact) mass is 348 g/mol. The summed E-state index contributed by atoms with van der Waals surface area (Å²) in [5, 5.41) is 13.8. The van der Waals surface area contributed by atoms with Crippen molar-refractivity contribution in [3.63, 3.8) is 0 Å². The van der Waals surface area contributed by atoms with Gasteiger partial charge in [0.25, 0.3) is 5.91 Å². The fraction of sp³-hybridized carbons (Fsp3) is 0. The molecule has 3 aromatic heterocycles. The van der Waals surface area contributed by atoms with E-state index in [0.717, 1.165) is 0 Å². The number of pyridine rings is 1. The molecule has 3 heterocycles. The van der Waals surface area contributed by atoms with Crippen LogP contribution in [0.5, 0.6) is 0 Å². The summed E-state index contributed by atoms with van der Waals surface area (Å²) in [6.07, 6.45) is 4.81. The Bertz CT molecular complexity index is 1040. The second kappa shape index (κ2) is 6.60. The van der Waals surface area contributed by atoms with Gasteiger partial charge in [-0.15, -0.1) is 0 Å². The quantitative estimate of drug-likeness (QED) is 0.593. The molecule has 0 fully saturated rings. The van der Waals surface area contributed by atoms with E-state index < -0.39 is 0 Å². The first-order valence-corrected chi connectivity index (χ1v) is 7.78. The Hall–Kier alpha value is -3.81. The van der Waals surface area contributed by atoms with Crippen molar-refractivity contribution in [2.24, 2.45) is 0 Å². The number of H-pyrrole nitrogens is 1. The SMILES string of the molecule is O=C(Nc1cn[nH]c1-c1ccccn1)c1ccn(-c2ccc(F)cc2)n1. The molecular weight excluding hydrogens is 335 g/mol. The summed E-state index contributed by atoms with van der Waals surface area (Å²) in [6.45, 7) is 0. The summed E-state index contributed by atoms with van der Waals surface area (Å²) in [4.78, 5) is 16.7. The van der Waals surface area contributed by atoms with Crippen LogP contribution in [-0.4, -0.2) is 30.9 Å². The molecular formula is C18H13FN6O. The average molecular weight is 348 g/mol. The van der Waals surface area contributed by atoms with Crippen molar-refractivity contribution in [1.29, 1.82) is 0 Å². The van der Waals surface area contributed by atoms with Gasteiger partial charge < -0.3 is 5.32 Å². The highest BCUT2D eigenvalue weighted by molar-refractivity contribution is 6.04. The van der Waals surface area contributed by atoms with E-state index in [4.69, 9.17) is 0 Å². The molecule has 1 aromatic carbocycles. The second-order valence-corrected chi connectivity index (χ2v) is 5.45. The molecule has 0 bridgehead atoms. The van der Waals surface area contributed by atoms with Crippen LogP contribution in [0.25, 0.3) is 17.1 Å².